The van der Waals surface area contributed by atoms with E-state index in [2.05, 4.69) is 26.2 Å². The Morgan fingerprint density at radius 2 is 2.06 bits per heavy atom. The number of halogens is 1. The summed E-state index contributed by atoms with van der Waals surface area (Å²) in [7, 11) is 0. The smallest absolute Gasteiger partial charge is 0.0732 e. The number of fused-ring (bicyclic) bond motifs is 2. The molecule has 0 amide bonds. The van der Waals surface area contributed by atoms with Gasteiger partial charge in [-0.15, -0.1) is 0 Å². The molecule has 3 nitrogen and oxygen atoms in total. The standard InChI is InChI=1S/C13H17BrN2O/c14-9-1-2-10(15-8-9)5-13(17)6-11-3-4-12(7-13)16-11/h1-2,8,11-12,16-17H,3-7H2. The molecule has 0 radical (unpaired) electrons. The lowest BCUT2D eigenvalue weighted by Gasteiger charge is -2.37. The van der Waals surface area contributed by atoms with Crippen molar-refractivity contribution in [1.82, 2.24) is 10.3 Å². The van der Waals surface area contributed by atoms with Crippen molar-refractivity contribution in [3.8, 4) is 0 Å². The highest BCUT2D eigenvalue weighted by Crippen LogP contribution is 2.35. The van der Waals surface area contributed by atoms with Crippen LogP contribution in [0, 0.1) is 0 Å². The van der Waals surface area contributed by atoms with Crippen LogP contribution in [-0.4, -0.2) is 27.8 Å². The third-order valence-electron chi connectivity index (χ3n) is 3.89. The molecule has 2 aliphatic heterocycles. The molecule has 0 spiro atoms. The van der Waals surface area contributed by atoms with Gasteiger partial charge in [0, 0.05) is 34.9 Å². The van der Waals surface area contributed by atoms with Gasteiger partial charge in [0.05, 0.1) is 5.60 Å². The van der Waals surface area contributed by atoms with E-state index in [1.165, 1.54) is 12.8 Å². The van der Waals surface area contributed by atoms with Gasteiger partial charge in [-0.2, -0.15) is 0 Å². The zero-order valence-corrected chi connectivity index (χ0v) is 11.3. The number of piperidine rings is 1. The first-order valence-corrected chi connectivity index (χ1v) is 7.01. The third kappa shape index (κ3) is 2.54. The van der Waals surface area contributed by atoms with E-state index in [1.54, 1.807) is 6.20 Å². The molecule has 4 heteroatoms. The van der Waals surface area contributed by atoms with E-state index < -0.39 is 5.60 Å². The molecule has 2 unspecified atom stereocenters. The van der Waals surface area contributed by atoms with Crippen LogP contribution in [0.5, 0.6) is 0 Å². The first-order chi connectivity index (χ1) is 8.13. The van der Waals surface area contributed by atoms with E-state index >= 15 is 0 Å². The Morgan fingerprint density at radius 3 is 2.65 bits per heavy atom. The third-order valence-corrected chi connectivity index (χ3v) is 4.36. The van der Waals surface area contributed by atoms with Crippen LogP contribution in [-0.2, 0) is 6.42 Å². The molecule has 2 fully saturated rings. The molecule has 1 aromatic rings. The zero-order chi connectivity index (χ0) is 11.9. The predicted octanol–water partition coefficient (Wildman–Crippen LogP) is 2.03. The molecule has 92 valence electrons. The Hall–Kier alpha value is -0.450. The highest BCUT2D eigenvalue weighted by atomic mass is 79.9. The minimum Gasteiger partial charge on any atom is -0.389 e. The fourth-order valence-corrected chi connectivity index (χ4v) is 3.45. The quantitative estimate of drug-likeness (QED) is 0.878. The highest BCUT2D eigenvalue weighted by molar-refractivity contribution is 9.10. The summed E-state index contributed by atoms with van der Waals surface area (Å²) in [5.74, 6) is 0. The minimum absolute atomic E-state index is 0.509. The maximum absolute atomic E-state index is 10.7. The monoisotopic (exact) mass is 296 g/mol. The number of hydrogen-bond donors (Lipinski definition) is 2. The van der Waals surface area contributed by atoms with Gasteiger partial charge >= 0.3 is 0 Å². The number of nitrogens with one attached hydrogen (secondary N) is 1. The van der Waals surface area contributed by atoms with Gasteiger partial charge < -0.3 is 10.4 Å². The summed E-state index contributed by atoms with van der Waals surface area (Å²) in [4.78, 5) is 4.36. The summed E-state index contributed by atoms with van der Waals surface area (Å²) >= 11 is 3.38. The second-order valence-electron chi connectivity index (χ2n) is 5.41. The molecule has 2 atom stereocenters. The maximum atomic E-state index is 10.7. The van der Waals surface area contributed by atoms with Gasteiger partial charge in [-0.05, 0) is 53.7 Å². The summed E-state index contributed by atoms with van der Waals surface area (Å²) in [6.07, 6.45) is 6.62. The van der Waals surface area contributed by atoms with Gasteiger partial charge in [0.2, 0.25) is 0 Å². The molecule has 2 aliphatic rings. The van der Waals surface area contributed by atoms with Gasteiger partial charge in [0.25, 0.3) is 0 Å². The number of pyridine rings is 1. The molecule has 2 bridgehead atoms. The molecular weight excluding hydrogens is 280 g/mol. The molecular formula is C13H17BrN2O. The number of hydrogen-bond acceptors (Lipinski definition) is 3. The molecule has 2 saturated heterocycles. The first-order valence-electron chi connectivity index (χ1n) is 6.22. The average molecular weight is 297 g/mol. The van der Waals surface area contributed by atoms with Crippen molar-refractivity contribution in [1.29, 1.82) is 0 Å². The van der Waals surface area contributed by atoms with Gasteiger partial charge in [-0.3, -0.25) is 4.98 Å². The maximum Gasteiger partial charge on any atom is 0.0732 e. The zero-order valence-electron chi connectivity index (χ0n) is 9.69. The summed E-state index contributed by atoms with van der Waals surface area (Å²) in [5.41, 5.74) is 0.426. The van der Waals surface area contributed by atoms with Crippen molar-refractivity contribution in [2.75, 3.05) is 0 Å². The Balaban J connectivity index is 1.73. The highest BCUT2D eigenvalue weighted by Gasteiger charge is 2.42. The van der Waals surface area contributed by atoms with Crippen LogP contribution in [0.15, 0.2) is 22.8 Å². The minimum atomic E-state index is -0.558. The van der Waals surface area contributed by atoms with E-state index in [1.807, 2.05) is 12.1 Å². The van der Waals surface area contributed by atoms with Crippen LogP contribution in [0.2, 0.25) is 0 Å². The topological polar surface area (TPSA) is 45.2 Å². The normalized spacial score (nSPS) is 36.1. The van der Waals surface area contributed by atoms with Crippen molar-refractivity contribution in [2.45, 2.75) is 49.8 Å². The predicted molar refractivity (Wildman–Crippen MR) is 69.8 cm³/mol. The van der Waals surface area contributed by atoms with E-state index in [4.69, 9.17) is 0 Å². The molecule has 3 heterocycles. The Labute approximate surface area is 110 Å². The first kappa shape index (κ1) is 11.6. The SMILES string of the molecule is OC1(Cc2ccc(Br)cn2)CC2CCC(C1)N2. The van der Waals surface area contributed by atoms with Gasteiger partial charge in [-0.25, -0.2) is 0 Å². The van der Waals surface area contributed by atoms with E-state index in [0.29, 0.717) is 18.5 Å². The summed E-state index contributed by atoms with van der Waals surface area (Å²) in [5, 5.41) is 14.2. The van der Waals surface area contributed by atoms with Crippen LogP contribution in [0.25, 0.3) is 0 Å². The molecule has 0 saturated carbocycles. The van der Waals surface area contributed by atoms with Crippen LogP contribution in [0.3, 0.4) is 0 Å². The summed E-state index contributed by atoms with van der Waals surface area (Å²) < 4.78 is 0.985. The molecule has 17 heavy (non-hydrogen) atoms. The van der Waals surface area contributed by atoms with Gasteiger partial charge in [0.1, 0.15) is 0 Å². The lowest BCUT2D eigenvalue weighted by molar-refractivity contribution is -0.00685. The van der Waals surface area contributed by atoms with Crippen LogP contribution >= 0.6 is 15.9 Å². The Bertz CT molecular complexity index is 394. The fourth-order valence-electron chi connectivity index (χ4n) is 3.22. The van der Waals surface area contributed by atoms with E-state index in [0.717, 1.165) is 23.0 Å². The number of nitrogens with zero attached hydrogens (tertiary/aromatic N) is 1. The molecule has 3 rings (SSSR count). The van der Waals surface area contributed by atoms with Crippen molar-refractivity contribution < 1.29 is 5.11 Å². The fraction of sp³-hybridized carbons (Fsp3) is 0.615. The number of aromatic nitrogens is 1. The van der Waals surface area contributed by atoms with Crippen LogP contribution < -0.4 is 5.32 Å². The van der Waals surface area contributed by atoms with Gasteiger partial charge in [-0.1, -0.05) is 0 Å². The Morgan fingerprint density at radius 1 is 1.35 bits per heavy atom. The van der Waals surface area contributed by atoms with Crippen molar-refractivity contribution in [3.05, 3.63) is 28.5 Å². The summed E-state index contributed by atoms with van der Waals surface area (Å²) in [6.45, 7) is 0. The largest absolute Gasteiger partial charge is 0.389 e. The van der Waals surface area contributed by atoms with E-state index in [-0.39, 0.29) is 0 Å². The molecule has 0 aliphatic carbocycles. The van der Waals surface area contributed by atoms with Gasteiger partial charge in [0.15, 0.2) is 0 Å². The van der Waals surface area contributed by atoms with Crippen molar-refractivity contribution in [2.24, 2.45) is 0 Å². The van der Waals surface area contributed by atoms with Crippen LogP contribution in [0.1, 0.15) is 31.4 Å². The summed E-state index contributed by atoms with van der Waals surface area (Å²) in [6, 6.07) is 5.00. The second kappa shape index (κ2) is 4.34. The van der Waals surface area contributed by atoms with E-state index in [9.17, 15) is 5.11 Å². The Kier molecular flexibility index (Phi) is 2.97. The molecule has 0 aromatic carbocycles. The van der Waals surface area contributed by atoms with Crippen molar-refractivity contribution in [3.63, 3.8) is 0 Å². The lowest BCUT2D eigenvalue weighted by Crippen LogP contribution is -2.49. The lowest BCUT2D eigenvalue weighted by atomic mass is 9.83. The number of aliphatic hydroxyl groups is 1. The average Bonchev–Trinajstić information content (AvgIpc) is 2.62. The molecule has 1 aromatic heterocycles. The molecule has 2 N–H and O–H groups in total. The number of rotatable bonds is 2. The van der Waals surface area contributed by atoms with Crippen LogP contribution in [0.4, 0.5) is 0 Å². The second-order valence-corrected chi connectivity index (χ2v) is 6.33. The van der Waals surface area contributed by atoms with Crippen molar-refractivity contribution >= 4 is 15.9 Å².